The van der Waals surface area contributed by atoms with Crippen molar-refractivity contribution in [3.05, 3.63) is 23.8 Å². The summed E-state index contributed by atoms with van der Waals surface area (Å²) in [6, 6.07) is 5.53. The van der Waals surface area contributed by atoms with E-state index in [0.717, 1.165) is 49.8 Å². The van der Waals surface area contributed by atoms with Crippen molar-refractivity contribution in [3.63, 3.8) is 0 Å². The Morgan fingerprint density at radius 1 is 1.42 bits per heavy atom. The summed E-state index contributed by atoms with van der Waals surface area (Å²) in [6.07, 6.45) is 0.503. The third-order valence-corrected chi connectivity index (χ3v) is 3.31. The maximum Gasteiger partial charge on any atom is 0.225 e. The highest BCUT2D eigenvalue weighted by Gasteiger charge is 2.12. The second kappa shape index (κ2) is 6.54. The van der Waals surface area contributed by atoms with Gasteiger partial charge in [0.05, 0.1) is 13.2 Å². The van der Waals surface area contributed by atoms with Gasteiger partial charge in [-0.3, -0.25) is 9.69 Å². The van der Waals surface area contributed by atoms with E-state index in [1.807, 2.05) is 25.1 Å². The predicted octanol–water partition coefficient (Wildman–Crippen LogP) is 1.24. The molecule has 0 spiro atoms. The summed E-state index contributed by atoms with van der Waals surface area (Å²) < 4.78 is 5.27. The average Bonchev–Trinajstić information content (AvgIpc) is 2.42. The molecule has 1 saturated heterocycles. The molecule has 3 N–H and O–H groups in total. The van der Waals surface area contributed by atoms with Gasteiger partial charge in [-0.15, -0.1) is 0 Å². The number of benzene rings is 1. The van der Waals surface area contributed by atoms with Gasteiger partial charge in [0, 0.05) is 37.4 Å². The number of nitrogen functional groups attached to an aromatic ring is 1. The first-order valence-corrected chi connectivity index (χ1v) is 6.61. The summed E-state index contributed by atoms with van der Waals surface area (Å²) in [5.41, 5.74) is 8.27. The average molecular weight is 263 g/mol. The van der Waals surface area contributed by atoms with Crippen LogP contribution in [0.15, 0.2) is 18.2 Å². The summed E-state index contributed by atoms with van der Waals surface area (Å²) >= 11 is 0. The van der Waals surface area contributed by atoms with E-state index in [2.05, 4.69) is 10.2 Å². The van der Waals surface area contributed by atoms with Gasteiger partial charge >= 0.3 is 0 Å². The van der Waals surface area contributed by atoms with Gasteiger partial charge in [0.25, 0.3) is 0 Å². The highest BCUT2D eigenvalue weighted by Crippen LogP contribution is 2.16. The zero-order chi connectivity index (χ0) is 13.7. The molecule has 5 heteroatoms. The van der Waals surface area contributed by atoms with Crippen LogP contribution >= 0.6 is 0 Å². The van der Waals surface area contributed by atoms with Crippen LogP contribution in [-0.4, -0.2) is 43.7 Å². The molecule has 1 aromatic carbocycles. The molecule has 1 aliphatic heterocycles. The largest absolute Gasteiger partial charge is 0.399 e. The number of aryl methyl sites for hydroxylation is 1. The molecule has 19 heavy (non-hydrogen) atoms. The monoisotopic (exact) mass is 263 g/mol. The Labute approximate surface area is 113 Å². The van der Waals surface area contributed by atoms with Crippen molar-refractivity contribution >= 4 is 17.3 Å². The smallest absolute Gasteiger partial charge is 0.225 e. The van der Waals surface area contributed by atoms with Gasteiger partial charge < -0.3 is 15.8 Å². The minimum atomic E-state index is 0.0377. The van der Waals surface area contributed by atoms with Crippen LogP contribution in [0.2, 0.25) is 0 Å². The van der Waals surface area contributed by atoms with E-state index in [1.54, 1.807) is 0 Å². The van der Waals surface area contributed by atoms with Gasteiger partial charge in [0.2, 0.25) is 5.91 Å². The molecule has 1 aliphatic rings. The van der Waals surface area contributed by atoms with Crippen LogP contribution in [0, 0.1) is 6.92 Å². The molecule has 1 aromatic rings. The SMILES string of the molecule is Cc1cc(NC(=O)CCN2CCOCC2)ccc1N. The minimum Gasteiger partial charge on any atom is -0.399 e. The number of nitrogens with two attached hydrogens (primary N) is 1. The van der Waals surface area contributed by atoms with Crippen molar-refractivity contribution in [1.29, 1.82) is 0 Å². The molecule has 1 heterocycles. The van der Waals surface area contributed by atoms with Crippen molar-refractivity contribution in [1.82, 2.24) is 4.90 Å². The number of rotatable bonds is 4. The molecule has 2 rings (SSSR count). The molecule has 0 unspecified atom stereocenters. The number of morpholine rings is 1. The first-order chi connectivity index (χ1) is 9.15. The van der Waals surface area contributed by atoms with Gasteiger partial charge in [0.15, 0.2) is 0 Å². The molecule has 1 fully saturated rings. The Bertz CT molecular complexity index is 442. The summed E-state index contributed by atoms with van der Waals surface area (Å²) in [7, 11) is 0. The molecule has 0 saturated carbocycles. The Hall–Kier alpha value is -1.59. The van der Waals surface area contributed by atoms with Crippen LogP contribution in [-0.2, 0) is 9.53 Å². The van der Waals surface area contributed by atoms with Crippen molar-refractivity contribution in [3.8, 4) is 0 Å². The van der Waals surface area contributed by atoms with E-state index in [9.17, 15) is 4.79 Å². The fourth-order valence-corrected chi connectivity index (χ4v) is 2.06. The van der Waals surface area contributed by atoms with E-state index in [-0.39, 0.29) is 5.91 Å². The number of amides is 1. The zero-order valence-corrected chi connectivity index (χ0v) is 11.3. The third kappa shape index (κ3) is 4.22. The van der Waals surface area contributed by atoms with Gasteiger partial charge in [-0.2, -0.15) is 0 Å². The summed E-state index contributed by atoms with van der Waals surface area (Å²) in [4.78, 5) is 14.1. The van der Waals surface area contributed by atoms with Crippen molar-refractivity contribution in [2.75, 3.05) is 43.9 Å². The van der Waals surface area contributed by atoms with E-state index in [0.29, 0.717) is 6.42 Å². The van der Waals surface area contributed by atoms with E-state index in [1.165, 1.54) is 0 Å². The molecule has 0 bridgehead atoms. The number of ether oxygens (including phenoxy) is 1. The molecule has 0 aliphatic carbocycles. The van der Waals surface area contributed by atoms with E-state index in [4.69, 9.17) is 10.5 Å². The third-order valence-electron chi connectivity index (χ3n) is 3.31. The Morgan fingerprint density at radius 3 is 2.84 bits per heavy atom. The highest BCUT2D eigenvalue weighted by molar-refractivity contribution is 5.91. The number of nitrogens with zero attached hydrogens (tertiary/aromatic N) is 1. The number of anilines is 2. The van der Waals surface area contributed by atoms with E-state index < -0.39 is 0 Å². The zero-order valence-electron chi connectivity index (χ0n) is 11.3. The normalized spacial score (nSPS) is 16.3. The first-order valence-electron chi connectivity index (χ1n) is 6.61. The fraction of sp³-hybridized carbons (Fsp3) is 0.500. The van der Waals surface area contributed by atoms with Gasteiger partial charge in [-0.1, -0.05) is 0 Å². The quantitative estimate of drug-likeness (QED) is 0.802. The molecule has 0 aromatic heterocycles. The lowest BCUT2D eigenvalue weighted by Gasteiger charge is -2.26. The lowest BCUT2D eigenvalue weighted by atomic mass is 10.2. The number of nitrogens with one attached hydrogen (secondary N) is 1. The van der Waals surface area contributed by atoms with Crippen LogP contribution in [0.5, 0.6) is 0 Å². The molecular formula is C14H21N3O2. The predicted molar refractivity (Wildman–Crippen MR) is 76.1 cm³/mol. The molecule has 0 radical (unpaired) electrons. The molecule has 104 valence electrons. The minimum absolute atomic E-state index is 0.0377. The van der Waals surface area contributed by atoms with Crippen LogP contribution < -0.4 is 11.1 Å². The Morgan fingerprint density at radius 2 is 2.16 bits per heavy atom. The molecular weight excluding hydrogens is 242 g/mol. The second-order valence-corrected chi connectivity index (χ2v) is 4.82. The van der Waals surface area contributed by atoms with Crippen LogP contribution in [0.1, 0.15) is 12.0 Å². The molecule has 1 amide bonds. The Kier molecular flexibility index (Phi) is 4.76. The van der Waals surface area contributed by atoms with Crippen LogP contribution in [0.3, 0.4) is 0 Å². The van der Waals surface area contributed by atoms with Crippen molar-refractivity contribution in [2.24, 2.45) is 0 Å². The number of carbonyl (C=O) groups excluding carboxylic acids is 1. The summed E-state index contributed by atoms with van der Waals surface area (Å²) in [5.74, 6) is 0.0377. The lowest BCUT2D eigenvalue weighted by molar-refractivity contribution is -0.116. The maximum absolute atomic E-state index is 11.9. The van der Waals surface area contributed by atoms with Gasteiger partial charge in [-0.05, 0) is 30.7 Å². The first kappa shape index (κ1) is 13.8. The number of hydrogen-bond acceptors (Lipinski definition) is 4. The molecule has 0 atom stereocenters. The Balaban J connectivity index is 1.78. The highest BCUT2D eigenvalue weighted by atomic mass is 16.5. The van der Waals surface area contributed by atoms with Crippen molar-refractivity contribution < 1.29 is 9.53 Å². The number of carbonyl (C=O) groups is 1. The second-order valence-electron chi connectivity index (χ2n) is 4.82. The lowest BCUT2D eigenvalue weighted by Crippen LogP contribution is -2.38. The summed E-state index contributed by atoms with van der Waals surface area (Å²) in [5, 5.41) is 2.90. The van der Waals surface area contributed by atoms with Crippen LogP contribution in [0.4, 0.5) is 11.4 Å². The fourth-order valence-electron chi connectivity index (χ4n) is 2.06. The van der Waals surface area contributed by atoms with Gasteiger partial charge in [-0.25, -0.2) is 0 Å². The standard InChI is InChI=1S/C14H21N3O2/c1-11-10-12(2-3-13(11)15)16-14(18)4-5-17-6-8-19-9-7-17/h2-3,10H,4-9,15H2,1H3,(H,16,18). The van der Waals surface area contributed by atoms with E-state index >= 15 is 0 Å². The van der Waals surface area contributed by atoms with Crippen molar-refractivity contribution in [2.45, 2.75) is 13.3 Å². The van der Waals surface area contributed by atoms with Crippen LogP contribution in [0.25, 0.3) is 0 Å². The van der Waals surface area contributed by atoms with Gasteiger partial charge in [0.1, 0.15) is 0 Å². The molecule has 5 nitrogen and oxygen atoms in total. The number of hydrogen-bond donors (Lipinski definition) is 2. The maximum atomic E-state index is 11.9. The topological polar surface area (TPSA) is 67.6 Å². The summed E-state index contributed by atoms with van der Waals surface area (Å²) in [6.45, 7) is 6.06.